The van der Waals surface area contributed by atoms with Gasteiger partial charge in [-0.05, 0) is 13.0 Å². The van der Waals surface area contributed by atoms with Crippen LogP contribution in [0.15, 0.2) is 24.5 Å². The number of hydrogen-bond acceptors (Lipinski definition) is 7. The summed E-state index contributed by atoms with van der Waals surface area (Å²) < 4.78 is 5.82. The molecule has 1 aliphatic rings. The summed E-state index contributed by atoms with van der Waals surface area (Å²) in [6, 6.07) is 3.64. The number of hydrogen-bond donors (Lipinski definition) is 0. The topological polar surface area (TPSA) is 84.3 Å². The van der Waals surface area contributed by atoms with E-state index in [-0.39, 0.29) is 12.0 Å². The van der Waals surface area contributed by atoms with E-state index in [0.717, 1.165) is 17.9 Å². The van der Waals surface area contributed by atoms with Gasteiger partial charge >= 0.3 is 0 Å². The second kappa shape index (κ2) is 6.77. The Morgan fingerprint density at radius 2 is 2.08 bits per heavy atom. The summed E-state index contributed by atoms with van der Waals surface area (Å²) in [6.07, 6.45) is 3.77. The number of carbonyl (C=O) groups is 1. The Hall–Kier alpha value is -2.77. The van der Waals surface area contributed by atoms with Gasteiger partial charge in [0, 0.05) is 39.3 Å². The molecule has 2 aromatic rings. The lowest BCUT2D eigenvalue weighted by Gasteiger charge is -2.16. The summed E-state index contributed by atoms with van der Waals surface area (Å²) in [5.41, 5.74) is 1.14. The van der Waals surface area contributed by atoms with E-state index in [1.807, 2.05) is 32.0 Å². The predicted octanol–water partition coefficient (Wildman–Crippen LogP) is 0.935. The Balaban J connectivity index is 1.58. The highest BCUT2D eigenvalue weighted by atomic mass is 16.5. The summed E-state index contributed by atoms with van der Waals surface area (Å²) in [7, 11) is 3.80. The number of aromatic nitrogens is 4. The maximum atomic E-state index is 12.4. The first-order chi connectivity index (χ1) is 11.5. The lowest BCUT2D eigenvalue weighted by Crippen LogP contribution is -2.31. The lowest BCUT2D eigenvalue weighted by atomic mass is 10.3. The van der Waals surface area contributed by atoms with Crippen LogP contribution in [0.25, 0.3) is 0 Å². The molecule has 1 aliphatic heterocycles. The molecule has 3 rings (SSSR count). The van der Waals surface area contributed by atoms with E-state index in [9.17, 15) is 4.79 Å². The standard InChI is InChI=1S/C16H20N6O2/c1-11-8-18-13(9-17-11)16(23)22-7-6-12(10-22)24-15-5-4-14(19-20-15)21(2)3/h4-5,8-9,12H,6-7,10H2,1-3H3/t12-/m0/s1. The number of amides is 1. The number of nitrogens with zero attached hydrogens (tertiary/aromatic N) is 6. The quantitative estimate of drug-likeness (QED) is 0.825. The number of carbonyl (C=O) groups excluding carboxylic acids is 1. The first-order valence-electron chi connectivity index (χ1n) is 7.78. The first-order valence-corrected chi connectivity index (χ1v) is 7.78. The fourth-order valence-corrected chi connectivity index (χ4v) is 2.46. The number of aryl methyl sites for hydroxylation is 1. The van der Waals surface area contributed by atoms with Crippen LogP contribution in [0.4, 0.5) is 5.82 Å². The summed E-state index contributed by atoms with van der Waals surface area (Å²) in [6.45, 7) is 2.97. The molecular weight excluding hydrogens is 308 g/mol. The second-order valence-corrected chi connectivity index (χ2v) is 5.95. The molecule has 24 heavy (non-hydrogen) atoms. The summed E-state index contributed by atoms with van der Waals surface area (Å²) in [5.74, 6) is 1.11. The monoisotopic (exact) mass is 328 g/mol. The largest absolute Gasteiger partial charge is 0.471 e. The van der Waals surface area contributed by atoms with Gasteiger partial charge in [0.05, 0.1) is 18.4 Å². The molecule has 0 radical (unpaired) electrons. The Morgan fingerprint density at radius 1 is 1.25 bits per heavy atom. The average molecular weight is 328 g/mol. The summed E-state index contributed by atoms with van der Waals surface area (Å²) in [5, 5.41) is 8.14. The predicted molar refractivity (Wildman–Crippen MR) is 88.1 cm³/mol. The van der Waals surface area contributed by atoms with Crippen molar-refractivity contribution in [1.82, 2.24) is 25.1 Å². The molecule has 0 spiro atoms. The maximum absolute atomic E-state index is 12.4. The van der Waals surface area contributed by atoms with Gasteiger partial charge in [-0.2, -0.15) is 0 Å². The highest BCUT2D eigenvalue weighted by Crippen LogP contribution is 2.18. The van der Waals surface area contributed by atoms with Crippen LogP contribution in [0, 0.1) is 6.92 Å². The van der Waals surface area contributed by atoms with Gasteiger partial charge in [-0.25, -0.2) is 4.98 Å². The van der Waals surface area contributed by atoms with Crippen molar-refractivity contribution >= 4 is 11.7 Å². The van der Waals surface area contributed by atoms with Crippen molar-refractivity contribution in [2.24, 2.45) is 0 Å². The van der Waals surface area contributed by atoms with Gasteiger partial charge in [-0.1, -0.05) is 0 Å². The SMILES string of the molecule is Cc1cnc(C(=O)N2CC[C@H](Oc3ccc(N(C)C)nn3)C2)cn1. The van der Waals surface area contributed by atoms with E-state index < -0.39 is 0 Å². The minimum absolute atomic E-state index is 0.0909. The molecule has 1 atom stereocenters. The molecule has 8 nitrogen and oxygen atoms in total. The van der Waals surface area contributed by atoms with E-state index in [0.29, 0.717) is 24.7 Å². The molecule has 0 aliphatic carbocycles. The zero-order valence-corrected chi connectivity index (χ0v) is 14.0. The highest BCUT2D eigenvalue weighted by molar-refractivity contribution is 5.92. The smallest absolute Gasteiger partial charge is 0.274 e. The molecule has 8 heteroatoms. The van der Waals surface area contributed by atoms with Crippen LogP contribution >= 0.6 is 0 Å². The third kappa shape index (κ3) is 3.58. The molecular formula is C16H20N6O2. The number of ether oxygens (including phenoxy) is 1. The van der Waals surface area contributed by atoms with Crippen LogP contribution in [0.3, 0.4) is 0 Å². The van der Waals surface area contributed by atoms with Gasteiger partial charge in [0.1, 0.15) is 11.8 Å². The van der Waals surface area contributed by atoms with Crippen LogP contribution in [0.2, 0.25) is 0 Å². The highest BCUT2D eigenvalue weighted by Gasteiger charge is 2.29. The maximum Gasteiger partial charge on any atom is 0.274 e. The molecule has 0 unspecified atom stereocenters. The second-order valence-electron chi connectivity index (χ2n) is 5.95. The van der Waals surface area contributed by atoms with Gasteiger partial charge in [-0.15, -0.1) is 10.2 Å². The van der Waals surface area contributed by atoms with Crippen molar-refractivity contribution < 1.29 is 9.53 Å². The van der Waals surface area contributed by atoms with Crippen molar-refractivity contribution in [3.8, 4) is 5.88 Å². The number of rotatable bonds is 4. The van der Waals surface area contributed by atoms with Crippen LogP contribution in [-0.2, 0) is 0 Å². The van der Waals surface area contributed by atoms with E-state index in [4.69, 9.17) is 4.74 Å². The Morgan fingerprint density at radius 3 is 2.71 bits per heavy atom. The van der Waals surface area contributed by atoms with Gasteiger partial charge in [0.15, 0.2) is 5.82 Å². The molecule has 0 saturated carbocycles. The third-order valence-corrected chi connectivity index (χ3v) is 3.80. The Bertz CT molecular complexity index is 702. The molecule has 1 fully saturated rings. The zero-order chi connectivity index (χ0) is 17.1. The molecule has 0 bridgehead atoms. The van der Waals surface area contributed by atoms with E-state index in [1.165, 1.54) is 6.20 Å². The fraction of sp³-hybridized carbons (Fsp3) is 0.438. The first kappa shape index (κ1) is 16.1. The van der Waals surface area contributed by atoms with E-state index >= 15 is 0 Å². The van der Waals surface area contributed by atoms with Gasteiger partial charge < -0.3 is 14.5 Å². The van der Waals surface area contributed by atoms with Crippen molar-refractivity contribution in [3.63, 3.8) is 0 Å². The molecule has 3 heterocycles. The minimum atomic E-state index is -0.123. The third-order valence-electron chi connectivity index (χ3n) is 3.80. The van der Waals surface area contributed by atoms with E-state index in [2.05, 4.69) is 20.2 Å². The minimum Gasteiger partial charge on any atom is -0.471 e. The summed E-state index contributed by atoms with van der Waals surface area (Å²) in [4.78, 5) is 24.3. The Labute approximate surface area is 140 Å². The van der Waals surface area contributed by atoms with Crippen LogP contribution < -0.4 is 9.64 Å². The van der Waals surface area contributed by atoms with Gasteiger partial charge in [0.2, 0.25) is 5.88 Å². The van der Waals surface area contributed by atoms with Crippen molar-refractivity contribution in [1.29, 1.82) is 0 Å². The van der Waals surface area contributed by atoms with Crippen LogP contribution in [0.5, 0.6) is 5.88 Å². The molecule has 126 valence electrons. The Kier molecular flexibility index (Phi) is 4.54. The van der Waals surface area contributed by atoms with Crippen molar-refractivity contribution in [3.05, 3.63) is 35.9 Å². The number of anilines is 1. The molecule has 0 aromatic carbocycles. The zero-order valence-electron chi connectivity index (χ0n) is 14.0. The average Bonchev–Trinajstić information content (AvgIpc) is 3.04. The van der Waals surface area contributed by atoms with Crippen LogP contribution in [0.1, 0.15) is 22.6 Å². The normalized spacial score (nSPS) is 17.0. The van der Waals surface area contributed by atoms with Crippen LogP contribution in [-0.4, -0.2) is 64.3 Å². The van der Waals surface area contributed by atoms with Crippen molar-refractivity contribution in [2.75, 3.05) is 32.1 Å². The van der Waals surface area contributed by atoms with E-state index in [1.54, 1.807) is 17.2 Å². The molecule has 0 N–H and O–H groups in total. The summed E-state index contributed by atoms with van der Waals surface area (Å²) >= 11 is 0. The van der Waals surface area contributed by atoms with Gasteiger partial charge in [-0.3, -0.25) is 9.78 Å². The molecule has 1 saturated heterocycles. The number of likely N-dealkylation sites (tertiary alicyclic amines) is 1. The fourth-order valence-electron chi connectivity index (χ4n) is 2.46. The lowest BCUT2D eigenvalue weighted by molar-refractivity contribution is 0.0764. The van der Waals surface area contributed by atoms with Crippen molar-refractivity contribution in [2.45, 2.75) is 19.4 Å². The molecule has 1 amide bonds. The molecule has 2 aromatic heterocycles. The van der Waals surface area contributed by atoms with Gasteiger partial charge in [0.25, 0.3) is 5.91 Å².